The summed E-state index contributed by atoms with van der Waals surface area (Å²) < 4.78 is 11.2. The Morgan fingerprint density at radius 2 is 1.47 bits per heavy atom. The minimum absolute atomic E-state index is 0.125. The molecule has 0 atom stereocenters. The molecule has 0 heterocycles. The number of carbonyl (C=O) groups excluding carboxylic acids is 1. The number of ether oxygens (including phenoxy) is 2. The second kappa shape index (κ2) is 11.3. The van der Waals surface area contributed by atoms with E-state index >= 15 is 0 Å². The molecule has 30 heavy (non-hydrogen) atoms. The first-order chi connectivity index (χ1) is 14.7. The first kappa shape index (κ1) is 21.0. The van der Waals surface area contributed by atoms with E-state index in [-0.39, 0.29) is 12.5 Å². The van der Waals surface area contributed by atoms with Gasteiger partial charge in [-0.1, -0.05) is 43.0 Å². The zero-order chi connectivity index (χ0) is 21.0. The third-order valence-corrected chi connectivity index (χ3v) is 4.32. The third-order valence-electron chi connectivity index (χ3n) is 4.32. The van der Waals surface area contributed by atoms with Crippen molar-refractivity contribution in [3.8, 4) is 11.5 Å². The normalized spacial score (nSPS) is 10.1. The SMILES string of the molecule is C=CCOc1ccc(NCC(=O)Nc2ccc(OCCc3ccccc3)cc2)cc1. The van der Waals surface area contributed by atoms with Crippen LogP contribution in [0.2, 0.25) is 0 Å². The fourth-order valence-corrected chi connectivity index (χ4v) is 2.78. The van der Waals surface area contributed by atoms with Gasteiger partial charge in [0.05, 0.1) is 13.2 Å². The Balaban J connectivity index is 1.39. The van der Waals surface area contributed by atoms with Crippen LogP contribution in [0, 0.1) is 0 Å². The Bertz CT molecular complexity index is 923. The number of carbonyl (C=O) groups is 1. The molecule has 0 unspecified atom stereocenters. The van der Waals surface area contributed by atoms with E-state index < -0.39 is 0 Å². The molecular weight excluding hydrogens is 376 g/mol. The predicted molar refractivity (Wildman–Crippen MR) is 121 cm³/mol. The van der Waals surface area contributed by atoms with Crippen molar-refractivity contribution >= 4 is 17.3 Å². The van der Waals surface area contributed by atoms with Gasteiger partial charge in [-0.3, -0.25) is 4.79 Å². The monoisotopic (exact) mass is 402 g/mol. The minimum Gasteiger partial charge on any atom is -0.493 e. The summed E-state index contributed by atoms with van der Waals surface area (Å²) in [6.45, 7) is 4.86. The second-order valence-corrected chi connectivity index (χ2v) is 6.63. The molecule has 3 aromatic rings. The van der Waals surface area contributed by atoms with Gasteiger partial charge in [0.2, 0.25) is 5.91 Å². The van der Waals surface area contributed by atoms with Gasteiger partial charge in [-0.25, -0.2) is 0 Å². The Hall–Kier alpha value is -3.73. The van der Waals surface area contributed by atoms with Crippen LogP contribution in [0.25, 0.3) is 0 Å². The molecule has 5 nitrogen and oxygen atoms in total. The van der Waals surface area contributed by atoms with E-state index in [2.05, 4.69) is 29.3 Å². The summed E-state index contributed by atoms with van der Waals surface area (Å²) in [5, 5.41) is 5.96. The average molecular weight is 402 g/mol. The molecule has 0 radical (unpaired) electrons. The summed E-state index contributed by atoms with van der Waals surface area (Å²) in [5.41, 5.74) is 2.82. The van der Waals surface area contributed by atoms with Gasteiger partial charge in [0.15, 0.2) is 0 Å². The molecule has 3 rings (SSSR count). The van der Waals surface area contributed by atoms with Gasteiger partial charge in [-0.15, -0.1) is 0 Å². The molecule has 0 saturated heterocycles. The van der Waals surface area contributed by atoms with Gasteiger partial charge >= 0.3 is 0 Å². The maximum absolute atomic E-state index is 12.2. The summed E-state index contributed by atoms with van der Waals surface area (Å²) in [6.07, 6.45) is 2.55. The van der Waals surface area contributed by atoms with Gasteiger partial charge in [-0.2, -0.15) is 0 Å². The van der Waals surface area contributed by atoms with Gasteiger partial charge in [-0.05, 0) is 54.1 Å². The number of benzene rings is 3. The third kappa shape index (κ3) is 7.02. The Labute approximate surface area is 177 Å². The molecule has 0 aromatic heterocycles. The summed E-state index contributed by atoms with van der Waals surface area (Å²) in [6, 6.07) is 25.0. The van der Waals surface area contributed by atoms with Crippen LogP contribution in [-0.4, -0.2) is 25.7 Å². The van der Waals surface area contributed by atoms with Gasteiger partial charge in [0.1, 0.15) is 18.1 Å². The summed E-state index contributed by atoms with van der Waals surface area (Å²) in [4.78, 5) is 12.2. The Morgan fingerprint density at radius 1 is 0.833 bits per heavy atom. The first-order valence-electron chi connectivity index (χ1n) is 9.87. The van der Waals surface area contributed by atoms with E-state index in [1.54, 1.807) is 6.08 Å². The van der Waals surface area contributed by atoms with Gasteiger partial charge in [0, 0.05) is 17.8 Å². The summed E-state index contributed by atoms with van der Waals surface area (Å²) in [5.74, 6) is 1.41. The molecule has 0 aliphatic heterocycles. The second-order valence-electron chi connectivity index (χ2n) is 6.63. The fraction of sp³-hybridized carbons (Fsp3) is 0.160. The smallest absolute Gasteiger partial charge is 0.243 e. The van der Waals surface area contributed by atoms with Crippen LogP contribution in [0.5, 0.6) is 11.5 Å². The Morgan fingerprint density at radius 3 is 2.13 bits per heavy atom. The number of nitrogens with one attached hydrogen (secondary N) is 2. The molecule has 5 heteroatoms. The number of hydrogen-bond donors (Lipinski definition) is 2. The molecule has 0 fully saturated rings. The number of anilines is 2. The largest absolute Gasteiger partial charge is 0.493 e. The quantitative estimate of drug-likeness (QED) is 0.447. The lowest BCUT2D eigenvalue weighted by atomic mass is 10.2. The molecule has 1 amide bonds. The van der Waals surface area contributed by atoms with Crippen molar-refractivity contribution in [2.75, 3.05) is 30.4 Å². The summed E-state index contributed by atoms with van der Waals surface area (Å²) >= 11 is 0. The lowest BCUT2D eigenvalue weighted by Crippen LogP contribution is -2.21. The van der Waals surface area contributed by atoms with Crippen molar-refractivity contribution in [2.45, 2.75) is 6.42 Å². The Kier molecular flexibility index (Phi) is 7.92. The molecule has 154 valence electrons. The van der Waals surface area contributed by atoms with Gasteiger partial charge in [0.25, 0.3) is 0 Å². The van der Waals surface area contributed by atoms with Crippen LogP contribution in [-0.2, 0) is 11.2 Å². The molecule has 2 N–H and O–H groups in total. The topological polar surface area (TPSA) is 59.6 Å². The van der Waals surface area contributed by atoms with Crippen LogP contribution in [0.3, 0.4) is 0 Å². The van der Waals surface area contributed by atoms with Crippen LogP contribution in [0.15, 0.2) is 91.5 Å². The highest BCUT2D eigenvalue weighted by Gasteiger charge is 2.03. The standard InChI is InChI=1S/C25H26N2O3/c1-2-17-29-23-12-8-21(9-13-23)26-19-25(28)27-22-10-14-24(15-11-22)30-18-16-20-6-4-3-5-7-20/h2-15,26H,1,16-19H2,(H,27,28). The van der Waals surface area contributed by atoms with Crippen LogP contribution in [0.1, 0.15) is 5.56 Å². The lowest BCUT2D eigenvalue weighted by Gasteiger charge is -2.10. The highest BCUT2D eigenvalue weighted by Crippen LogP contribution is 2.17. The van der Waals surface area contributed by atoms with Crippen molar-refractivity contribution < 1.29 is 14.3 Å². The summed E-state index contributed by atoms with van der Waals surface area (Å²) in [7, 11) is 0. The highest BCUT2D eigenvalue weighted by atomic mass is 16.5. The average Bonchev–Trinajstić information content (AvgIpc) is 2.79. The zero-order valence-corrected chi connectivity index (χ0v) is 16.8. The first-order valence-corrected chi connectivity index (χ1v) is 9.87. The highest BCUT2D eigenvalue weighted by molar-refractivity contribution is 5.93. The van der Waals surface area contributed by atoms with E-state index in [1.165, 1.54) is 5.56 Å². The van der Waals surface area contributed by atoms with E-state index in [0.717, 1.165) is 29.3 Å². The predicted octanol–water partition coefficient (Wildman–Crippen LogP) is 4.92. The van der Waals surface area contributed by atoms with Crippen LogP contribution < -0.4 is 20.1 Å². The maximum atomic E-state index is 12.2. The van der Waals surface area contributed by atoms with Crippen molar-refractivity contribution in [2.24, 2.45) is 0 Å². The number of hydrogen-bond acceptors (Lipinski definition) is 4. The van der Waals surface area contributed by atoms with E-state index in [1.807, 2.05) is 66.7 Å². The molecular formula is C25H26N2O3. The van der Waals surface area contributed by atoms with E-state index in [9.17, 15) is 4.79 Å². The fourth-order valence-electron chi connectivity index (χ4n) is 2.78. The van der Waals surface area contributed by atoms with Crippen molar-refractivity contribution in [3.63, 3.8) is 0 Å². The van der Waals surface area contributed by atoms with Crippen molar-refractivity contribution in [1.82, 2.24) is 0 Å². The van der Waals surface area contributed by atoms with Gasteiger partial charge < -0.3 is 20.1 Å². The molecule has 0 spiro atoms. The molecule has 0 aliphatic rings. The zero-order valence-electron chi connectivity index (χ0n) is 16.8. The van der Waals surface area contributed by atoms with Crippen LogP contribution >= 0.6 is 0 Å². The molecule has 0 saturated carbocycles. The van der Waals surface area contributed by atoms with Crippen LogP contribution in [0.4, 0.5) is 11.4 Å². The minimum atomic E-state index is -0.125. The maximum Gasteiger partial charge on any atom is 0.243 e. The lowest BCUT2D eigenvalue weighted by molar-refractivity contribution is -0.114. The number of rotatable bonds is 11. The molecule has 3 aromatic carbocycles. The van der Waals surface area contributed by atoms with Crippen molar-refractivity contribution in [1.29, 1.82) is 0 Å². The number of amides is 1. The van der Waals surface area contributed by atoms with Crippen molar-refractivity contribution in [3.05, 3.63) is 97.1 Å². The molecule has 0 aliphatic carbocycles. The van der Waals surface area contributed by atoms with E-state index in [0.29, 0.717) is 13.2 Å². The van der Waals surface area contributed by atoms with E-state index in [4.69, 9.17) is 9.47 Å². The molecule has 0 bridgehead atoms.